The summed E-state index contributed by atoms with van der Waals surface area (Å²) in [6.45, 7) is 5.84. The van der Waals surface area contributed by atoms with Crippen molar-refractivity contribution in [3.05, 3.63) is 18.0 Å². The molecule has 0 unspecified atom stereocenters. The van der Waals surface area contributed by atoms with Crippen molar-refractivity contribution in [3.63, 3.8) is 0 Å². The first-order chi connectivity index (χ1) is 13.5. The van der Waals surface area contributed by atoms with E-state index in [4.69, 9.17) is 4.74 Å². The molecule has 1 fully saturated rings. The smallest absolute Gasteiger partial charge is 0.315 e. The largest absolute Gasteiger partial charge is 0.376 e. The second-order valence-electron chi connectivity index (χ2n) is 7.45. The van der Waals surface area contributed by atoms with E-state index in [1.54, 1.807) is 4.68 Å². The van der Waals surface area contributed by atoms with Gasteiger partial charge in [-0.2, -0.15) is 5.10 Å². The van der Waals surface area contributed by atoms with Gasteiger partial charge in [-0.15, -0.1) is 0 Å². The van der Waals surface area contributed by atoms with E-state index in [-0.39, 0.29) is 30.0 Å². The van der Waals surface area contributed by atoms with E-state index in [0.717, 1.165) is 32.1 Å². The molecule has 0 radical (unpaired) electrons. The predicted octanol–water partition coefficient (Wildman–Crippen LogP) is 1.75. The predicted molar refractivity (Wildman–Crippen MR) is 108 cm³/mol. The summed E-state index contributed by atoms with van der Waals surface area (Å²) in [5, 5.41) is 13.0. The SMILES string of the molecule is CCCO[C@@H]1CC[C@H](C(=O)NCCCc2cnn(C)c2)C[C@H]1NC(=O)NCC. The van der Waals surface area contributed by atoms with Crippen LogP contribution in [0.4, 0.5) is 4.79 Å². The van der Waals surface area contributed by atoms with Crippen molar-refractivity contribution >= 4 is 11.9 Å². The van der Waals surface area contributed by atoms with E-state index in [1.165, 1.54) is 5.56 Å². The van der Waals surface area contributed by atoms with Crippen molar-refractivity contribution in [1.82, 2.24) is 25.7 Å². The molecular weight excluding hydrogens is 358 g/mol. The third-order valence-electron chi connectivity index (χ3n) is 5.05. The van der Waals surface area contributed by atoms with E-state index in [2.05, 4.69) is 28.0 Å². The number of hydrogen-bond donors (Lipinski definition) is 3. The van der Waals surface area contributed by atoms with Crippen LogP contribution in [0, 0.1) is 5.92 Å². The minimum atomic E-state index is -0.199. The first kappa shape index (κ1) is 22.2. The van der Waals surface area contributed by atoms with Crippen LogP contribution in [-0.4, -0.2) is 53.6 Å². The van der Waals surface area contributed by atoms with Crippen molar-refractivity contribution in [2.75, 3.05) is 19.7 Å². The monoisotopic (exact) mass is 393 g/mol. The van der Waals surface area contributed by atoms with E-state index in [9.17, 15) is 9.59 Å². The highest BCUT2D eigenvalue weighted by atomic mass is 16.5. The zero-order chi connectivity index (χ0) is 20.4. The fraction of sp³-hybridized carbons (Fsp3) is 0.750. The highest BCUT2D eigenvalue weighted by molar-refractivity contribution is 5.79. The van der Waals surface area contributed by atoms with Gasteiger partial charge in [-0.3, -0.25) is 9.48 Å². The summed E-state index contributed by atoms with van der Waals surface area (Å²) in [6, 6.07) is -0.340. The van der Waals surface area contributed by atoms with Gasteiger partial charge >= 0.3 is 6.03 Å². The molecule has 3 N–H and O–H groups in total. The maximum Gasteiger partial charge on any atom is 0.315 e. The number of nitrogens with zero attached hydrogens (tertiary/aromatic N) is 2. The van der Waals surface area contributed by atoms with Crippen LogP contribution in [0.2, 0.25) is 0 Å². The lowest BCUT2D eigenvalue weighted by Gasteiger charge is -2.35. The quantitative estimate of drug-likeness (QED) is 0.528. The lowest BCUT2D eigenvalue weighted by atomic mass is 9.83. The third-order valence-corrected chi connectivity index (χ3v) is 5.05. The van der Waals surface area contributed by atoms with Gasteiger partial charge in [0.15, 0.2) is 0 Å². The van der Waals surface area contributed by atoms with Gasteiger partial charge in [0.2, 0.25) is 5.91 Å². The average molecular weight is 394 g/mol. The minimum absolute atomic E-state index is 0.0304. The topological polar surface area (TPSA) is 97.3 Å². The number of aryl methyl sites for hydroxylation is 2. The Labute approximate surface area is 167 Å². The molecule has 3 amide bonds. The number of hydrogen-bond acceptors (Lipinski definition) is 4. The fourth-order valence-electron chi connectivity index (χ4n) is 3.63. The summed E-state index contributed by atoms with van der Waals surface area (Å²) in [4.78, 5) is 24.6. The summed E-state index contributed by atoms with van der Waals surface area (Å²) in [5.41, 5.74) is 1.18. The first-order valence-electron chi connectivity index (χ1n) is 10.4. The zero-order valence-electron chi connectivity index (χ0n) is 17.4. The van der Waals surface area contributed by atoms with Gasteiger partial charge in [0.05, 0.1) is 18.3 Å². The van der Waals surface area contributed by atoms with Crippen LogP contribution in [0.25, 0.3) is 0 Å². The van der Waals surface area contributed by atoms with Gasteiger partial charge in [-0.25, -0.2) is 4.79 Å². The molecule has 8 nitrogen and oxygen atoms in total. The molecule has 0 bridgehead atoms. The van der Waals surface area contributed by atoms with Gasteiger partial charge in [-0.1, -0.05) is 6.92 Å². The Kier molecular flexibility index (Phi) is 9.27. The Morgan fingerprint density at radius 2 is 2.11 bits per heavy atom. The van der Waals surface area contributed by atoms with E-state index in [0.29, 0.717) is 26.1 Å². The van der Waals surface area contributed by atoms with Crippen molar-refractivity contribution in [2.24, 2.45) is 13.0 Å². The van der Waals surface area contributed by atoms with Crippen LogP contribution in [0.3, 0.4) is 0 Å². The lowest BCUT2D eigenvalue weighted by molar-refractivity contribution is -0.127. The first-order valence-corrected chi connectivity index (χ1v) is 10.4. The highest BCUT2D eigenvalue weighted by Crippen LogP contribution is 2.27. The van der Waals surface area contributed by atoms with E-state index >= 15 is 0 Å². The Hall–Kier alpha value is -2.09. The van der Waals surface area contributed by atoms with Gasteiger partial charge in [0.25, 0.3) is 0 Å². The van der Waals surface area contributed by atoms with Crippen molar-refractivity contribution in [1.29, 1.82) is 0 Å². The molecule has 0 spiro atoms. The van der Waals surface area contributed by atoms with E-state index < -0.39 is 0 Å². The molecule has 0 aliphatic heterocycles. The summed E-state index contributed by atoms with van der Waals surface area (Å²) in [5.74, 6) is -0.0189. The molecule has 0 aromatic carbocycles. The highest BCUT2D eigenvalue weighted by Gasteiger charge is 2.35. The van der Waals surface area contributed by atoms with Crippen LogP contribution in [0.15, 0.2) is 12.4 Å². The normalized spacial score (nSPS) is 21.9. The number of ether oxygens (including phenoxy) is 1. The minimum Gasteiger partial charge on any atom is -0.376 e. The number of carbonyl (C=O) groups is 2. The molecule has 1 saturated carbocycles. The number of urea groups is 1. The maximum atomic E-state index is 12.6. The average Bonchev–Trinajstić information content (AvgIpc) is 3.09. The zero-order valence-corrected chi connectivity index (χ0v) is 17.4. The summed E-state index contributed by atoms with van der Waals surface area (Å²) >= 11 is 0. The number of aromatic nitrogens is 2. The van der Waals surface area contributed by atoms with Crippen LogP contribution in [0.5, 0.6) is 0 Å². The second kappa shape index (κ2) is 11.7. The Balaban J connectivity index is 1.79. The molecule has 1 heterocycles. The molecule has 3 atom stereocenters. The molecule has 158 valence electrons. The Morgan fingerprint density at radius 1 is 1.29 bits per heavy atom. The van der Waals surface area contributed by atoms with Crippen molar-refractivity contribution < 1.29 is 14.3 Å². The van der Waals surface area contributed by atoms with Gasteiger partial charge in [0, 0.05) is 38.9 Å². The molecule has 2 rings (SSSR count). The number of amides is 3. The maximum absolute atomic E-state index is 12.6. The molecule has 28 heavy (non-hydrogen) atoms. The summed E-state index contributed by atoms with van der Waals surface area (Å²) in [6.07, 6.45) is 8.72. The molecular formula is C20H35N5O3. The number of nitrogens with one attached hydrogen (secondary N) is 3. The fourth-order valence-corrected chi connectivity index (χ4v) is 3.63. The second-order valence-corrected chi connectivity index (χ2v) is 7.45. The van der Waals surface area contributed by atoms with E-state index in [1.807, 2.05) is 26.4 Å². The van der Waals surface area contributed by atoms with Crippen molar-refractivity contribution in [2.45, 2.75) is 64.5 Å². The van der Waals surface area contributed by atoms with Crippen LogP contribution in [-0.2, 0) is 23.0 Å². The van der Waals surface area contributed by atoms with Crippen LogP contribution < -0.4 is 16.0 Å². The van der Waals surface area contributed by atoms with Gasteiger partial charge < -0.3 is 20.7 Å². The standard InChI is InChI=1S/C20H35N5O3/c1-4-11-28-18-9-8-16(12-17(18)24-20(27)21-5-2)19(26)22-10-6-7-15-13-23-25(3)14-15/h13-14,16-18H,4-12H2,1-3H3,(H,22,26)(H2,21,24,27)/t16-,17+,18+/m0/s1. The Bertz CT molecular complexity index is 619. The molecule has 1 aliphatic rings. The lowest BCUT2D eigenvalue weighted by Crippen LogP contribution is -2.53. The molecule has 0 saturated heterocycles. The third kappa shape index (κ3) is 7.14. The molecule has 1 aromatic heterocycles. The number of carbonyl (C=O) groups excluding carboxylic acids is 2. The number of rotatable bonds is 10. The van der Waals surface area contributed by atoms with Crippen molar-refractivity contribution in [3.8, 4) is 0 Å². The van der Waals surface area contributed by atoms with Gasteiger partial charge in [-0.05, 0) is 51.0 Å². The summed E-state index contributed by atoms with van der Waals surface area (Å²) in [7, 11) is 1.90. The molecule has 1 aliphatic carbocycles. The summed E-state index contributed by atoms with van der Waals surface area (Å²) < 4.78 is 7.71. The van der Waals surface area contributed by atoms with Crippen LogP contribution in [0.1, 0.15) is 51.5 Å². The van der Waals surface area contributed by atoms with Gasteiger partial charge in [0.1, 0.15) is 0 Å². The molecule has 1 aromatic rings. The Morgan fingerprint density at radius 3 is 2.79 bits per heavy atom. The molecule has 8 heteroatoms. The van der Waals surface area contributed by atoms with Crippen LogP contribution >= 0.6 is 0 Å².